The van der Waals surface area contributed by atoms with E-state index in [1.807, 2.05) is 26.0 Å². The summed E-state index contributed by atoms with van der Waals surface area (Å²) in [7, 11) is 0. The molecular weight excluding hydrogens is 250 g/mol. The number of nitrogen functional groups attached to an aromatic ring is 1. The van der Waals surface area contributed by atoms with Gasteiger partial charge in [0.25, 0.3) is 0 Å². The molecule has 0 bridgehead atoms. The van der Waals surface area contributed by atoms with Gasteiger partial charge in [-0.05, 0) is 43.9 Å². The second kappa shape index (κ2) is 5.99. The molecule has 2 aromatic rings. The fourth-order valence-corrected chi connectivity index (χ4v) is 2.10. The number of hydrogen-bond acceptors (Lipinski definition) is 3. The molecule has 108 valence electrons. The van der Waals surface area contributed by atoms with Crippen LogP contribution in [0.1, 0.15) is 43.1 Å². The lowest BCUT2D eigenvalue weighted by Gasteiger charge is -2.11. The molecule has 2 N–H and O–H groups in total. The third-order valence-corrected chi connectivity index (χ3v) is 3.85. The van der Waals surface area contributed by atoms with Crippen LogP contribution in [0.15, 0.2) is 24.3 Å². The van der Waals surface area contributed by atoms with E-state index in [1.165, 1.54) is 5.56 Å². The van der Waals surface area contributed by atoms with Crippen LogP contribution in [0, 0.1) is 13.8 Å². The maximum absolute atomic E-state index is 5.90. The Hall–Kier alpha value is -1.97. The van der Waals surface area contributed by atoms with Gasteiger partial charge in [-0.1, -0.05) is 26.0 Å². The number of nitrogens with zero attached hydrogens (tertiary/aromatic N) is 2. The average molecular weight is 273 g/mol. The average Bonchev–Trinajstić information content (AvgIpc) is 2.72. The van der Waals surface area contributed by atoms with Crippen molar-refractivity contribution in [2.24, 2.45) is 0 Å². The predicted molar refractivity (Wildman–Crippen MR) is 81.9 cm³/mol. The first-order chi connectivity index (χ1) is 9.52. The van der Waals surface area contributed by atoms with E-state index in [2.05, 4.69) is 31.1 Å². The molecule has 0 fully saturated rings. The third-order valence-electron chi connectivity index (χ3n) is 3.85. The van der Waals surface area contributed by atoms with Crippen molar-refractivity contribution in [3.63, 3.8) is 0 Å². The molecule has 0 aliphatic rings. The highest BCUT2D eigenvalue weighted by Crippen LogP contribution is 2.22. The molecule has 2 rings (SSSR count). The molecule has 1 aromatic heterocycles. The van der Waals surface area contributed by atoms with Crippen LogP contribution in [-0.4, -0.2) is 9.78 Å². The Morgan fingerprint density at radius 1 is 1.25 bits per heavy atom. The van der Waals surface area contributed by atoms with Crippen molar-refractivity contribution < 1.29 is 4.74 Å². The fraction of sp³-hybridized carbons (Fsp3) is 0.438. The van der Waals surface area contributed by atoms with Crippen molar-refractivity contribution in [1.82, 2.24) is 9.78 Å². The van der Waals surface area contributed by atoms with Gasteiger partial charge in [-0.15, -0.1) is 0 Å². The molecule has 1 unspecified atom stereocenters. The van der Waals surface area contributed by atoms with Crippen LogP contribution in [0.2, 0.25) is 0 Å². The molecule has 0 aliphatic heterocycles. The molecule has 1 aromatic carbocycles. The van der Waals surface area contributed by atoms with Crippen LogP contribution in [0.5, 0.6) is 5.75 Å². The van der Waals surface area contributed by atoms with E-state index in [9.17, 15) is 0 Å². The minimum Gasteiger partial charge on any atom is -0.471 e. The molecule has 1 atom stereocenters. The SMILES string of the molecule is CCC(C)c1ccc(OCn2nc(C)c(N)c2C)cc1. The number of aryl methyl sites for hydroxylation is 1. The second-order valence-corrected chi connectivity index (χ2v) is 5.24. The summed E-state index contributed by atoms with van der Waals surface area (Å²) >= 11 is 0. The minimum absolute atomic E-state index is 0.381. The summed E-state index contributed by atoms with van der Waals surface area (Å²) in [6, 6.07) is 8.27. The van der Waals surface area contributed by atoms with Gasteiger partial charge in [-0.2, -0.15) is 5.10 Å². The van der Waals surface area contributed by atoms with Crippen LogP contribution in [0.25, 0.3) is 0 Å². The number of benzene rings is 1. The number of rotatable bonds is 5. The molecule has 0 spiro atoms. The van der Waals surface area contributed by atoms with Gasteiger partial charge in [0, 0.05) is 0 Å². The molecule has 0 amide bonds. The Morgan fingerprint density at radius 2 is 1.90 bits per heavy atom. The summed E-state index contributed by atoms with van der Waals surface area (Å²) < 4.78 is 7.54. The number of nitrogens with two attached hydrogens (primary N) is 1. The maximum atomic E-state index is 5.90. The Morgan fingerprint density at radius 3 is 2.40 bits per heavy atom. The van der Waals surface area contributed by atoms with Gasteiger partial charge in [0.1, 0.15) is 5.75 Å². The van der Waals surface area contributed by atoms with E-state index in [0.717, 1.165) is 29.2 Å². The first-order valence-corrected chi connectivity index (χ1v) is 7.05. The molecule has 0 saturated heterocycles. The lowest BCUT2D eigenvalue weighted by molar-refractivity contribution is 0.218. The Bertz CT molecular complexity index is 572. The van der Waals surface area contributed by atoms with Gasteiger partial charge in [0.15, 0.2) is 6.73 Å². The fourth-order valence-electron chi connectivity index (χ4n) is 2.10. The molecule has 0 aliphatic carbocycles. The van der Waals surface area contributed by atoms with E-state index < -0.39 is 0 Å². The van der Waals surface area contributed by atoms with Crippen molar-refractivity contribution >= 4 is 5.69 Å². The van der Waals surface area contributed by atoms with E-state index >= 15 is 0 Å². The Labute approximate surface area is 120 Å². The Balaban J connectivity index is 2.02. The summed E-state index contributed by atoms with van der Waals surface area (Å²) in [6.45, 7) is 8.66. The normalized spacial score (nSPS) is 12.4. The summed E-state index contributed by atoms with van der Waals surface area (Å²) in [5.41, 5.74) is 9.77. The van der Waals surface area contributed by atoms with Crippen LogP contribution < -0.4 is 10.5 Å². The molecule has 4 nitrogen and oxygen atoms in total. The summed E-state index contributed by atoms with van der Waals surface area (Å²) in [5.74, 6) is 1.43. The van der Waals surface area contributed by atoms with E-state index in [-0.39, 0.29) is 0 Å². The number of ether oxygens (including phenoxy) is 1. The van der Waals surface area contributed by atoms with Crippen molar-refractivity contribution in [2.75, 3.05) is 5.73 Å². The highest BCUT2D eigenvalue weighted by atomic mass is 16.5. The van der Waals surface area contributed by atoms with Crippen molar-refractivity contribution in [3.8, 4) is 5.75 Å². The largest absolute Gasteiger partial charge is 0.471 e. The highest BCUT2D eigenvalue weighted by Gasteiger charge is 2.08. The van der Waals surface area contributed by atoms with Crippen LogP contribution in [0.3, 0.4) is 0 Å². The first kappa shape index (κ1) is 14.4. The second-order valence-electron chi connectivity index (χ2n) is 5.24. The first-order valence-electron chi connectivity index (χ1n) is 7.05. The number of hydrogen-bond donors (Lipinski definition) is 1. The van der Waals surface area contributed by atoms with E-state index in [1.54, 1.807) is 4.68 Å². The predicted octanol–water partition coefficient (Wildman–Crippen LogP) is 3.63. The molecule has 0 radical (unpaired) electrons. The zero-order valence-corrected chi connectivity index (χ0v) is 12.7. The molecule has 20 heavy (non-hydrogen) atoms. The van der Waals surface area contributed by atoms with Crippen LogP contribution in [0.4, 0.5) is 5.69 Å². The summed E-state index contributed by atoms with van der Waals surface area (Å²) in [6.07, 6.45) is 1.14. The monoisotopic (exact) mass is 273 g/mol. The molecule has 0 saturated carbocycles. The smallest absolute Gasteiger partial charge is 0.181 e. The zero-order chi connectivity index (χ0) is 14.7. The molecule has 1 heterocycles. The minimum atomic E-state index is 0.381. The summed E-state index contributed by atoms with van der Waals surface area (Å²) in [4.78, 5) is 0. The maximum Gasteiger partial charge on any atom is 0.181 e. The van der Waals surface area contributed by atoms with Crippen LogP contribution in [-0.2, 0) is 6.73 Å². The van der Waals surface area contributed by atoms with E-state index in [4.69, 9.17) is 10.5 Å². The van der Waals surface area contributed by atoms with Crippen molar-refractivity contribution in [3.05, 3.63) is 41.2 Å². The zero-order valence-electron chi connectivity index (χ0n) is 12.7. The van der Waals surface area contributed by atoms with Gasteiger partial charge < -0.3 is 10.5 Å². The highest BCUT2D eigenvalue weighted by molar-refractivity contribution is 5.46. The number of aromatic nitrogens is 2. The standard InChI is InChI=1S/C16H23N3O/c1-5-11(2)14-6-8-15(9-7-14)20-10-19-13(4)16(17)12(3)18-19/h6-9,11H,5,10,17H2,1-4H3. The topological polar surface area (TPSA) is 53.1 Å². The number of anilines is 1. The Kier molecular flexibility index (Phi) is 4.32. The van der Waals surface area contributed by atoms with Gasteiger partial charge in [0.2, 0.25) is 0 Å². The summed E-state index contributed by atoms with van der Waals surface area (Å²) in [5, 5.41) is 4.35. The lowest BCUT2D eigenvalue weighted by Crippen LogP contribution is -2.09. The van der Waals surface area contributed by atoms with Gasteiger partial charge in [-0.25, -0.2) is 4.68 Å². The van der Waals surface area contributed by atoms with Gasteiger partial charge >= 0.3 is 0 Å². The van der Waals surface area contributed by atoms with Gasteiger partial charge in [-0.3, -0.25) is 0 Å². The third kappa shape index (κ3) is 2.95. The molecular formula is C16H23N3O. The van der Waals surface area contributed by atoms with Crippen molar-refractivity contribution in [1.29, 1.82) is 0 Å². The van der Waals surface area contributed by atoms with Gasteiger partial charge in [0.05, 0.1) is 17.1 Å². The quantitative estimate of drug-likeness (QED) is 0.905. The van der Waals surface area contributed by atoms with E-state index in [0.29, 0.717) is 12.6 Å². The lowest BCUT2D eigenvalue weighted by atomic mass is 9.99. The molecule has 4 heteroatoms. The van der Waals surface area contributed by atoms with Crippen molar-refractivity contribution in [2.45, 2.75) is 46.8 Å². The van der Waals surface area contributed by atoms with Crippen LogP contribution >= 0.6 is 0 Å².